The van der Waals surface area contributed by atoms with Gasteiger partial charge in [0.05, 0.1) is 0 Å². The highest BCUT2D eigenvalue weighted by atomic mass is 16.5. The van der Waals surface area contributed by atoms with Crippen molar-refractivity contribution in [3.8, 4) is 34.3 Å². The molecular formula is C16H12N2O5. The van der Waals surface area contributed by atoms with Crippen LogP contribution in [0.5, 0.6) is 23.0 Å². The number of aromatic amines is 1. The van der Waals surface area contributed by atoms with Crippen LogP contribution >= 0.6 is 0 Å². The molecule has 0 aliphatic carbocycles. The first-order valence-electron chi connectivity index (χ1n) is 6.63. The summed E-state index contributed by atoms with van der Waals surface area (Å²) in [4.78, 5) is 11.3. The van der Waals surface area contributed by atoms with Crippen LogP contribution in [0.15, 0.2) is 48.5 Å². The van der Waals surface area contributed by atoms with Gasteiger partial charge in [-0.1, -0.05) is 18.2 Å². The number of aromatic carboxylic acids is 1. The second kappa shape index (κ2) is 5.72. The Morgan fingerprint density at radius 2 is 1.83 bits per heavy atom. The van der Waals surface area contributed by atoms with Gasteiger partial charge in [0.25, 0.3) is 0 Å². The molecule has 3 rings (SSSR count). The Labute approximate surface area is 130 Å². The van der Waals surface area contributed by atoms with Crippen LogP contribution in [0.2, 0.25) is 0 Å². The molecule has 23 heavy (non-hydrogen) atoms. The molecule has 0 radical (unpaired) electrons. The van der Waals surface area contributed by atoms with Gasteiger partial charge in [0, 0.05) is 11.6 Å². The van der Waals surface area contributed by atoms with Crippen LogP contribution in [0.4, 0.5) is 0 Å². The molecule has 0 aliphatic heterocycles. The molecule has 0 fully saturated rings. The minimum absolute atomic E-state index is 0.0234. The summed E-state index contributed by atoms with van der Waals surface area (Å²) >= 11 is 0. The second-order valence-electron chi connectivity index (χ2n) is 4.70. The van der Waals surface area contributed by atoms with Gasteiger partial charge in [-0.05, 0) is 24.3 Å². The lowest BCUT2D eigenvalue weighted by atomic mass is 10.1. The van der Waals surface area contributed by atoms with Gasteiger partial charge < -0.3 is 20.1 Å². The van der Waals surface area contributed by atoms with Crippen LogP contribution in [-0.2, 0) is 0 Å². The molecule has 116 valence electrons. The molecule has 7 nitrogen and oxygen atoms in total. The predicted molar refractivity (Wildman–Crippen MR) is 80.8 cm³/mol. The Morgan fingerprint density at radius 1 is 1.09 bits per heavy atom. The Balaban J connectivity index is 2.12. The van der Waals surface area contributed by atoms with Crippen LogP contribution in [0.1, 0.15) is 10.5 Å². The largest absolute Gasteiger partial charge is 0.508 e. The molecule has 0 spiro atoms. The van der Waals surface area contributed by atoms with Crippen LogP contribution < -0.4 is 4.74 Å². The minimum Gasteiger partial charge on any atom is -0.508 e. The first-order chi connectivity index (χ1) is 11.1. The molecule has 7 heteroatoms. The number of benzene rings is 2. The Bertz CT molecular complexity index is 858. The molecule has 3 aromatic rings. The summed E-state index contributed by atoms with van der Waals surface area (Å²) in [5, 5.41) is 34.9. The van der Waals surface area contributed by atoms with Gasteiger partial charge in [-0.15, -0.1) is 0 Å². The van der Waals surface area contributed by atoms with E-state index in [0.717, 1.165) is 6.07 Å². The van der Waals surface area contributed by atoms with Gasteiger partial charge in [0.1, 0.15) is 22.9 Å². The molecule has 1 heterocycles. The maximum atomic E-state index is 11.3. The van der Waals surface area contributed by atoms with Gasteiger partial charge in [0.2, 0.25) is 0 Å². The smallest absolute Gasteiger partial charge is 0.357 e. The van der Waals surface area contributed by atoms with Crippen molar-refractivity contribution in [1.82, 2.24) is 10.2 Å². The SMILES string of the molecule is O=C(O)c1[nH]nc(-c2ccc(O)cc2O)c1Oc1ccccc1. The summed E-state index contributed by atoms with van der Waals surface area (Å²) in [6, 6.07) is 12.5. The summed E-state index contributed by atoms with van der Waals surface area (Å²) in [6.07, 6.45) is 0. The van der Waals surface area contributed by atoms with E-state index in [-0.39, 0.29) is 34.2 Å². The second-order valence-corrected chi connectivity index (χ2v) is 4.70. The highest BCUT2D eigenvalue weighted by Gasteiger charge is 2.24. The van der Waals surface area contributed by atoms with Gasteiger partial charge in [0.15, 0.2) is 11.4 Å². The van der Waals surface area contributed by atoms with Crippen LogP contribution in [0, 0.1) is 0 Å². The molecule has 0 unspecified atom stereocenters. The molecule has 0 saturated carbocycles. The number of ether oxygens (including phenoxy) is 1. The van der Waals surface area contributed by atoms with Crippen molar-refractivity contribution in [2.24, 2.45) is 0 Å². The van der Waals surface area contributed by atoms with Crippen molar-refractivity contribution in [2.45, 2.75) is 0 Å². The van der Waals surface area contributed by atoms with Gasteiger partial charge in [-0.3, -0.25) is 5.10 Å². The van der Waals surface area contributed by atoms with Crippen LogP contribution in [0.25, 0.3) is 11.3 Å². The van der Waals surface area contributed by atoms with Crippen molar-refractivity contribution < 1.29 is 24.9 Å². The zero-order valence-corrected chi connectivity index (χ0v) is 11.7. The quantitative estimate of drug-likeness (QED) is 0.588. The topological polar surface area (TPSA) is 116 Å². The number of para-hydroxylation sites is 1. The molecule has 0 atom stereocenters. The first kappa shape index (κ1) is 14.5. The van der Waals surface area contributed by atoms with E-state index in [1.54, 1.807) is 30.3 Å². The molecule has 0 amide bonds. The average Bonchev–Trinajstić information content (AvgIpc) is 2.92. The van der Waals surface area contributed by atoms with Crippen molar-refractivity contribution in [2.75, 3.05) is 0 Å². The lowest BCUT2D eigenvalue weighted by Crippen LogP contribution is -1.99. The van der Waals surface area contributed by atoms with Gasteiger partial charge >= 0.3 is 5.97 Å². The third-order valence-corrected chi connectivity index (χ3v) is 3.14. The molecule has 0 aliphatic rings. The number of nitrogens with zero attached hydrogens (tertiary/aromatic N) is 1. The number of hydrogen-bond acceptors (Lipinski definition) is 5. The molecule has 1 aromatic heterocycles. The standard InChI is InChI=1S/C16H12N2O5/c19-9-6-7-11(12(20)8-9)13-15(14(16(21)22)18-17-13)23-10-4-2-1-3-5-10/h1-8,19-20H,(H,17,18)(H,21,22). The number of carboxylic acids is 1. The summed E-state index contributed by atoms with van der Waals surface area (Å²) in [6.45, 7) is 0. The third kappa shape index (κ3) is 2.80. The first-order valence-corrected chi connectivity index (χ1v) is 6.63. The number of aromatic nitrogens is 2. The fourth-order valence-corrected chi connectivity index (χ4v) is 2.09. The minimum atomic E-state index is -1.24. The van der Waals surface area contributed by atoms with Crippen LogP contribution in [-0.4, -0.2) is 31.5 Å². The van der Waals surface area contributed by atoms with Gasteiger partial charge in [-0.2, -0.15) is 5.10 Å². The number of rotatable bonds is 4. The Hall–Kier alpha value is -3.48. The van der Waals surface area contributed by atoms with E-state index >= 15 is 0 Å². The average molecular weight is 312 g/mol. The van der Waals surface area contributed by atoms with E-state index in [0.29, 0.717) is 5.75 Å². The maximum absolute atomic E-state index is 11.3. The number of phenolic OH excluding ortho intramolecular Hbond substituents is 2. The number of phenols is 2. The molecule has 0 bridgehead atoms. The van der Waals surface area contributed by atoms with E-state index in [1.807, 2.05) is 0 Å². The fourth-order valence-electron chi connectivity index (χ4n) is 2.09. The fraction of sp³-hybridized carbons (Fsp3) is 0. The van der Waals surface area contributed by atoms with E-state index in [2.05, 4.69) is 10.2 Å². The normalized spacial score (nSPS) is 10.4. The Morgan fingerprint density at radius 3 is 2.48 bits per heavy atom. The van der Waals surface area contributed by atoms with E-state index in [1.165, 1.54) is 12.1 Å². The lowest BCUT2D eigenvalue weighted by molar-refractivity contribution is 0.0687. The monoisotopic (exact) mass is 312 g/mol. The number of carboxylic acid groups (broad SMARTS) is 1. The maximum Gasteiger partial charge on any atom is 0.357 e. The molecule has 4 N–H and O–H groups in total. The zero-order valence-electron chi connectivity index (χ0n) is 11.7. The number of aromatic hydroxyl groups is 2. The molecule has 2 aromatic carbocycles. The van der Waals surface area contributed by atoms with E-state index < -0.39 is 5.97 Å². The Kier molecular flexibility index (Phi) is 3.60. The lowest BCUT2D eigenvalue weighted by Gasteiger charge is -2.08. The van der Waals surface area contributed by atoms with Crippen molar-refractivity contribution in [3.63, 3.8) is 0 Å². The van der Waals surface area contributed by atoms with Crippen LogP contribution in [0.3, 0.4) is 0 Å². The third-order valence-electron chi connectivity index (χ3n) is 3.14. The number of H-pyrrole nitrogens is 1. The number of nitrogens with one attached hydrogen (secondary N) is 1. The summed E-state index contributed by atoms with van der Waals surface area (Å²) in [5.74, 6) is -1.20. The van der Waals surface area contributed by atoms with E-state index in [4.69, 9.17) is 4.74 Å². The van der Waals surface area contributed by atoms with Crippen molar-refractivity contribution in [1.29, 1.82) is 0 Å². The van der Waals surface area contributed by atoms with E-state index in [9.17, 15) is 20.1 Å². The highest BCUT2D eigenvalue weighted by Crippen LogP contribution is 2.39. The summed E-state index contributed by atoms with van der Waals surface area (Å²) < 4.78 is 5.63. The van der Waals surface area contributed by atoms with Crippen molar-refractivity contribution >= 4 is 5.97 Å². The predicted octanol–water partition coefficient (Wildman–Crippen LogP) is 2.98. The summed E-state index contributed by atoms with van der Waals surface area (Å²) in [5.41, 5.74) is 0.123. The van der Waals surface area contributed by atoms with Gasteiger partial charge in [-0.25, -0.2) is 4.79 Å². The highest BCUT2D eigenvalue weighted by molar-refractivity contribution is 5.92. The molecular weight excluding hydrogens is 300 g/mol. The van der Waals surface area contributed by atoms with Crippen molar-refractivity contribution in [3.05, 3.63) is 54.2 Å². The number of hydrogen-bond donors (Lipinski definition) is 4. The summed E-state index contributed by atoms with van der Waals surface area (Å²) in [7, 11) is 0. The molecule has 0 saturated heterocycles. The zero-order chi connectivity index (χ0) is 16.4. The number of carbonyl (C=O) groups is 1.